The van der Waals surface area contributed by atoms with E-state index in [-0.39, 0.29) is 5.41 Å². The zero-order chi connectivity index (χ0) is 27.7. The van der Waals surface area contributed by atoms with Crippen molar-refractivity contribution in [3.63, 3.8) is 0 Å². The Bertz CT molecular complexity index is 2230. The molecule has 194 valence electrons. The van der Waals surface area contributed by atoms with E-state index in [9.17, 15) is 5.26 Å². The number of fused-ring (bicyclic) bond motifs is 6. The quantitative estimate of drug-likeness (QED) is 0.225. The van der Waals surface area contributed by atoms with E-state index >= 15 is 0 Å². The Hall–Kier alpha value is -5.33. The van der Waals surface area contributed by atoms with Crippen molar-refractivity contribution in [2.75, 3.05) is 0 Å². The van der Waals surface area contributed by atoms with Crippen LogP contribution >= 0.6 is 0 Å². The fourth-order valence-corrected chi connectivity index (χ4v) is 6.49. The average molecular weight is 527 g/mol. The monoisotopic (exact) mass is 526 g/mol. The largest absolute Gasteiger partial charge is 0.457 e. The number of hydrogen-bond donors (Lipinski definition) is 0. The predicted octanol–water partition coefficient (Wildman–Crippen LogP) is 9.91. The molecule has 0 fully saturated rings. The van der Waals surface area contributed by atoms with E-state index in [4.69, 9.17) is 4.74 Å². The SMILES string of the molecule is CC1(C)c2ccccc2Oc2ccc(-c3ccc4c(c3)c3cc(C#N)ccc3n4-c3ccc4ccccc4c3)cc21. The van der Waals surface area contributed by atoms with Crippen LogP contribution in [0.25, 0.3) is 49.4 Å². The molecule has 0 radical (unpaired) electrons. The summed E-state index contributed by atoms with van der Waals surface area (Å²) in [5.74, 6) is 1.83. The number of aromatic nitrogens is 1. The summed E-state index contributed by atoms with van der Waals surface area (Å²) >= 11 is 0. The van der Waals surface area contributed by atoms with Crippen molar-refractivity contribution in [1.82, 2.24) is 4.57 Å². The maximum Gasteiger partial charge on any atom is 0.131 e. The van der Waals surface area contributed by atoms with Crippen molar-refractivity contribution in [3.8, 4) is 34.4 Å². The molecule has 0 aliphatic carbocycles. The van der Waals surface area contributed by atoms with Crippen LogP contribution in [0.5, 0.6) is 11.5 Å². The summed E-state index contributed by atoms with van der Waals surface area (Å²) in [6.07, 6.45) is 0. The number of rotatable bonds is 2. The molecule has 1 aliphatic rings. The minimum Gasteiger partial charge on any atom is -0.457 e. The first-order valence-corrected chi connectivity index (χ1v) is 13.9. The van der Waals surface area contributed by atoms with Crippen molar-refractivity contribution in [3.05, 3.63) is 138 Å². The molecule has 0 saturated heterocycles. The van der Waals surface area contributed by atoms with Crippen LogP contribution in [-0.4, -0.2) is 4.57 Å². The molecule has 3 nitrogen and oxygen atoms in total. The van der Waals surface area contributed by atoms with Crippen LogP contribution in [0.2, 0.25) is 0 Å². The number of ether oxygens (including phenoxy) is 1. The second-order valence-electron chi connectivity index (χ2n) is 11.4. The van der Waals surface area contributed by atoms with Crippen LogP contribution in [0.15, 0.2) is 121 Å². The molecule has 0 unspecified atom stereocenters. The summed E-state index contributed by atoms with van der Waals surface area (Å²) in [5, 5.41) is 14.3. The standard InChI is InChI=1S/C38H26N2O/c1-38(2)32-9-5-6-10-36(32)41-37-18-14-28(22-33(37)38)27-13-17-35-31(21-27)30-19-24(23-39)11-16-34(30)40(35)29-15-12-25-7-3-4-8-26(25)20-29/h3-22H,1-2H3. The average Bonchev–Trinajstić information content (AvgIpc) is 3.33. The highest BCUT2D eigenvalue weighted by Crippen LogP contribution is 2.49. The lowest BCUT2D eigenvalue weighted by atomic mass is 9.75. The molecular weight excluding hydrogens is 500 g/mol. The third-order valence-electron chi connectivity index (χ3n) is 8.65. The van der Waals surface area contributed by atoms with Gasteiger partial charge in [-0.05, 0) is 82.6 Å². The van der Waals surface area contributed by atoms with Gasteiger partial charge in [-0.1, -0.05) is 74.5 Å². The van der Waals surface area contributed by atoms with E-state index in [1.54, 1.807) is 0 Å². The highest BCUT2D eigenvalue weighted by Gasteiger charge is 2.34. The van der Waals surface area contributed by atoms with Crippen molar-refractivity contribution in [1.29, 1.82) is 5.26 Å². The van der Waals surface area contributed by atoms with E-state index in [1.807, 2.05) is 24.3 Å². The lowest BCUT2D eigenvalue weighted by molar-refractivity contribution is 0.418. The number of hydrogen-bond acceptors (Lipinski definition) is 2. The summed E-state index contributed by atoms with van der Waals surface area (Å²) in [6.45, 7) is 4.53. The molecule has 0 bridgehead atoms. The lowest BCUT2D eigenvalue weighted by Crippen LogP contribution is -2.24. The van der Waals surface area contributed by atoms with Gasteiger partial charge in [-0.15, -0.1) is 0 Å². The number of benzene rings is 6. The van der Waals surface area contributed by atoms with Gasteiger partial charge in [0.05, 0.1) is 22.7 Å². The summed E-state index contributed by atoms with van der Waals surface area (Å²) < 4.78 is 8.61. The molecule has 0 atom stereocenters. The first-order chi connectivity index (χ1) is 20.0. The fourth-order valence-electron chi connectivity index (χ4n) is 6.49. The van der Waals surface area contributed by atoms with E-state index in [0.29, 0.717) is 5.56 Å². The third-order valence-corrected chi connectivity index (χ3v) is 8.65. The maximum absolute atomic E-state index is 9.71. The van der Waals surface area contributed by atoms with Gasteiger partial charge < -0.3 is 9.30 Å². The lowest BCUT2D eigenvalue weighted by Gasteiger charge is -2.34. The van der Waals surface area contributed by atoms with Crippen LogP contribution < -0.4 is 4.74 Å². The molecule has 6 aromatic carbocycles. The minimum absolute atomic E-state index is 0.182. The Labute approximate surface area is 238 Å². The summed E-state index contributed by atoms with van der Waals surface area (Å²) in [5.41, 5.74) is 8.44. The number of nitrogens with zero attached hydrogens (tertiary/aromatic N) is 2. The molecule has 0 amide bonds. The molecular formula is C38H26N2O. The van der Waals surface area contributed by atoms with Crippen LogP contribution in [0, 0.1) is 11.3 Å². The van der Waals surface area contributed by atoms with Crippen LogP contribution in [0.1, 0.15) is 30.5 Å². The van der Waals surface area contributed by atoms with Gasteiger partial charge in [0.15, 0.2) is 0 Å². The maximum atomic E-state index is 9.71. The molecule has 0 N–H and O–H groups in total. The predicted molar refractivity (Wildman–Crippen MR) is 167 cm³/mol. The van der Waals surface area contributed by atoms with Crippen molar-refractivity contribution < 1.29 is 4.74 Å². The third kappa shape index (κ3) is 3.51. The molecule has 0 spiro atoms. The highest BCUT2D eigenvalue weighted by molar-refractivity contribution is 6.11. The summed E-state index contributed by atoms with van der Waals surface area (Å²) in [6, 6.07) is 44.8. The summed E-state index contributed by atoms with van der Waals surface area (Å²) in [4.78, 5) is 0. The van der Waals surface area contributed by atoms with Gasteiger partial charge >= 0.3 is 0 Å². The topological polar surface area (TPSA) is 37.9 Å². The molecule has 3 heteroatoms. The Morgan fingerprint density at radius 3 is 2.15 bits per heavy atom. The van der Waals surface area contributed by atoms with E-state index in [1.165, 1.54) is 21.9 Å². The number of nitriles is 1. The molecule has 2 heterocycles. The second-order valence-corrected chi connectivity index (χ2v) is 11.4. The highest BCUT2D eigenvalue weighted by atomic mass is 16.5. The minimum atomic E-state index is -0.182. The van der Waals surface area contributed by atoms with E-state index in [2.05, 4.69) is 122 Å². The molecule has 0 saturated carbocycles. The second kappa shape index (κ2) is 8.58. The van der Waals surface area contributed by atoms with Gasteiger partial charge in [-0.2, -0.15) is 5.26 Å². The van der Waals surface area contributed by atoms with Gasteiger partial charge in [0.2, 0.25) is 0 Å². The molecule has 41 heavy (non-hydrogen) atoms. The van der Waals surface area contributed by atoms with E-state index in [0.717, 1.165) is 50.1 Å². The first kappa shape index (κ1) is 23.5. The Kier molecular flexibility index (Phi) is 4.93. The first-order valence-electron chi connectivity index (χ1n) is 13.9. The Balaban J connectivity index is 1.33. The molecule has 1 aromatic heterocycles. The molecule has 1 aliphatic heterocycles. The van der Waals surface area contributed by atoms with Crippen LogP contribution in [-0.2, 0) is 5.41 Å². The van der Waals surface area contributed by atoms with Crippen molar-refractivity contribution in [2.45, 2.75) is 19.3 Å². The molecule has 7 aromatic rings. The number of para-hydroxylation sites is 1. The normalized spacial score (nSPS) is 13.5. The Morgan fingerprint density at radius 1 is 0.610 bits per heavy atom. The van der Waals surface area contributed by atoms with Gasteiger partial charge in [-0.25, -0.2) is 0 Å². The van der Waals surface area contributed by atoms with Crippen molar-refractivity contribution in [2.24, 2.45) is 0 Å². The Morgan fingerprint density at radius 2 is 1.29 bits per heavy atom. The van der Waals surface area contributed by atoms with Gasteiger partial charge in [0.25, 0.3) is 0 Å². The van der Waals surface area contributed by atoms with Gasteiger partial charge in [0.1, 0.15) is 11.5 Å². The van der Waals surface area contributed by atoms with Crippen LogP contribution in [0.4, 0.5) is 0 Å². The van der Waals surface area contributed by atoms with Crippen LogP contribution in [0.3, 0.4) is 0 Å². The fraction of sp³-hybridized carbons (Fsp3) is 0.0789. The zero-order valence-electron chi connectivity index (χ0n) is 22.8. The molecule has 8 rings (SSSR count). The van der Waals surface area contributed by atoms with E-state index < -0.39 is 0 Å². The van der Waals surface area contributed by atoms with Crippen molar-refractivity contribution >= 4 is 32.6 Å². The van der Waals surface area contributed by atoms with Gasteiger partial charge in [0, 0.05) is 33.0 Å². The van der Waals surface area contributed by atoms with Gasteiger partial charge in [-0.3, -0.25) is 0 Å². The smallest absolute Gasteiger partial charge is 0.131 e. The zero-order valence-corrected chi connectivity index (χ0v) is 22.8. The summed E-state index contributed by atoms with van der Waals surface area (Å²) in [7, 11) is 0.